The summed E-state index contributed by atoms with van der Waals surface area (Å²) in [6.45, 7) is 4.42. The summed E-state index contributed by atoms with van der Waals surface area (Å²) in [5, 5.41) is 6.61. The Labute approximate surface area is 136 Å². The van der Waals surface area contributed by atoms with Crippen LogP contribution in [0.15, 0.2) is 23.2 Å². The van der Waals surface area contributed by atoms with Crippen molar-refractivity contribution in [2.45, 2.75) is 12.6 Å². The second-order valence-electron chi connectivity index (χ2n) is 5.75. The van der Waals surface area contributed by atoms with Crippen LogP contribution < -0.4 is 20.1 Å². The highest BCUT2D eigenvalue weighted by molar-refractivity contribution is 5.79. The van der Waals surface area contributed by atoms with Crippen molar-refractivity contribution in [3.05, 3.63) is 23.8 Å². The van der Waals surface area contributed by atoms with Gasteiger partial charge in [-0.25, -0.2) is 0 Å². The van der Waals surface area contributed by atoms with E-state index in [0.29, 0.717) is 13.3 Å². The quantitative estimate of drug-likeness (QED) is 0.619. The van der Waals surface area contributed by atoms with Crippen molar-refractivity contribution < 1.29 is 14.2 Å². The molecule has 0 spiro atoms. The summed E-state index contributed by atoms with van der Waals surface area (Å²) in [7, 11) is 3.88. The SMILES string of the molecule is CN=C(NCc1ccc2c(c1)OCO2)NCC1CN(C)CCO1. The van der Waals surface area contributed by atoms with E-state index >= 15 is 0 Å². The lowest BCUT2D eigenvalue weighted by Gasteiger charge is -2.30. The molecule has 0 aliphatic carbocycles. The van der Waals surface area contributed by atoms with Gasteiger partial charge in [-0.15, -0.1) is 0 Å². The highest BCUT2D eigenvalue weighted by Gasteiger charge is 2.18. The largest absolute Gasteiger partial charge is 0.454 e. The van der Waals surface area contributed by atoms with E-state index in [2.05, 4.69) is 27.6 Å². The van der Waals surface area contributed by atoms with Crippen molar-refractivity contribution in [3.63, 3.8) is 0 Å². The predicted molar refractivity (Wildman–Crippen MR) is 88.0 cm³/mol. The van der Waals surface area contributed by atoms with Gasteiger partial charge in [0.05, 0.1) is 12.7 Å². The maximum Gasteiger partial charge on any atom is 0.231 e. The second kappa shape index (κ2) is 7.52. The molecule has 1 atom stereocenters. The van der Waals surface area contributed by atoms with Gasteiger partial charge in [-0.1, -0.05) is 6.07 Å². The Morgan fingerprint density at radius 2 is 2.17 bits per heavy atom. The monoisotopic (exact) mass is 320 g/mol. The van der Waals surface area contributed by atoms with E-state index in [-0.39, 0.29) is 6.10 Å². The van der Waals surface area contributed by atoms with Gasteiger partial charge in [0.15, 0.2) is 17.5 Å². The molecule has 2 N–H and O–H groups in total. The molecule has 0 aromatic heterocycles. The van der Waals surface area contributed by atoms with E-state index in [1.54, 1.807) is 7.05 Å². The molecule has 23 heavy (non-hydrogen) atoms. The zero-order valence-corrected chi connectivity index (χ0v) is 13.7. The topological polar surface area (TPSA) is 67.4 Å². The van der Waals surface area contributed by atoms with Gasteiger partial charge in [-0.05, 0) is 24.7 Å². The van der Waals surface area contributed by atoms with Gasteiger partial charge in [-0.2, -0.15) is 0 Å². The van der Waals surface area contributed by atoms with Crippen LogP contribution in [-0.4, -0.2) is 64.1 Å². The molecule has 7 nitrogen and oxygen atoms in total. The van der Waals surface area contributed by atoms with Crippen molar-refractivity contribution in [1.29, 1.82) is 0 Å². The predicted octanol–water partition coefficient (Wildman–Crippen LogP) is 0.411. The zero-order valence-electron chi connectivity index (χ0n) is 13.7. The molecule has 2 aliphatic heterocycles. The van der Waals surface area contributed by atoms with Crippen molar-refractivity contribution in [3.8, 4) is 11.5 Å². The molecule has 1 saturated heterocycles. The Balaban J connectivity index is 1.46. The number of hydrogen-bond acceptors (Lipinski definition) is 5. The third-order valence-electron chi connectivity index (χ3n) is 3.96. The summed E-state index contributed by atoms with van der Waals surface area (Å²) >= 11 is 0. The third-order valence-corrected chi connectivity index (χ3v) is 3.96. The van der Waals surface area contributed by atoms with E-state index in [9.17, 15) is 0 Å². The summed E-state index contributed by atoms with van der Waals surface area (Å²) < 4.78 is 16.4. The Bertz CT molecular complexity index is 564. The molecule has 0 saturated carbocycles. The minimum atomic E-state index is 0.192. The number of guanidine groups is 1. The second-order valence-corrected chi connectivity index (χ2v) is 5.75. The lowest BCUT2D eigenvalue weighted by molar-refractivity contribution is -0.0161. The third kappa shape index (κ3) is 4.27. The highest BCUT2D eigenvalue weighted by atomic mass is 16.7. The number of likely N-dealkylation sites (N-methyl/N-ethyl adjacent to an activating group) is 1. The van der Waals surface area contributed by atoms with Crippen LogP contribution in [-0.2, 0) is 11.3 Å². The molecule has 0 bridgehead atoms. The first-order valence-corrected chi connectivity index (χ1v) is 7.88. The molecule has 3 rings (SSSR count). The summed E-state index contributed by atoms with van der Waals surface area (Å²) in [5.41, 5.74) is 1.12. The van der Waals surface area contributed by atoms with Crippen LogP contribution in [0.5, 0.6) is 11.5 Å². The number of aliphatic imine (C=N–C) groups is 1. The molecule has 2 aliphatic rings. The normalized spacial score (nSPS) is 21.3. The summed E-state index contributed by atoms with van der Waals surface area (Å²) in [4.78, 5) is 6.52. The van der Waals surface area contributed by atoms with Gasteiger partial charge in [0, 0.05) is 33.2 Å². The lowest BCUT2D eigenvalue weighted by atomic mass is 10.2. The molecule has 1 unspecified atom stereocenters. The van der Waals surface area contributed by atoms with Gasteiger partial charge < -0.3 is 29.7 Å². The maximum absolute atomic E-state index is 5.74. The van der Waals surface area contributed by atoms with Gasteiger partial charge >= 0.3 is 0 Å². The number of rotatable bonds is 4. The summed E-state index contributed by atoms with van der Waals surface area (Å²) in [6, 6.07) is 5.94. The van der Waals surface area contributed by atoms with Crippen LogP contribution in [0.3, 0.4) is 0 Å². The standard InChI is InChI=1S/C16H24N4O3/c1-17-16(19-9-13-10-20(2)5-6-21-13)18-8-12-3-4-14-15(7-12)23-11-22-14/h3-4,7,13H,5-6,8-11H2,1-2H3,(H2,17,18,19). The molecule has 1 aromatic rings. The Kier molecular flexibility index (Phi) is 5.19. The van der Waals surface area contributed by atoms with E-state index in [1.807, 2.05) is 18.2 Å². The van der Waals surface area contributed by atoms with E-state index in [0.717, 1.165) is 49.3 Å². The number of benzene rings is 1. The number of nitrogens with one attached hydrogen (secondary N) is 2. The molecule has 7 heteroatoms. The van der Waals surface area contributed by atoms with Crippen LogP contribution in [0.25, 0.3) is 0 Å². The van der Waals surface area contributed by atoms with Crippen LogP contribution in [0.4, 0.5) is 0 Å². The van der Waals surface area contributed by atoms with Gasteiger partial charge in [0.2, 0.25) is 6.79 Å². The van der Waals surface area contributed by atoms with Crippen LogP contribution in [0.1, 0.15) is 5.56 Å². The van der Waals surface area contributed by atoms with Crippen LogP contribution in [0.2, 0.25) is 0 Å². The Morgan fingerprint density at radius 3 is 3.00 bits per heavy atom. The fraction of sp³-hybridized carbons (Fsp3) is 0.562. The molecule has 1 fully saturated rings. The van der Waals surface area contributed by atoms with Crippen LogP contribution in [0, 0.1) is 0 Å². The highest BCUT2D eigenvalue weighted by Crippen LogP contribution is 2.32. The van der Waals surface area contributed by atoms with Gasteiger partial charge in [-0.3, -0.25) is 4.99 Å². The number of fused-ring (bicyclic) bond motifs is 1. The average molecular weight is 320 g/mol. The van der Waals surface area contributed by atoms with Gasteiger partial charge in [0.25, 0.3) is 0 Å². The number of ether oxygens (including phenoxy) is 3. The first-order chi connectivity index (χ1) is 11.2. The fourth-order valence-corrected chi connectivity index (χ4v) is 2.66. The van der Waals surface area contributed by atoms with E-state index in [1.165, 1.54) is 0 Å². The number of nitrogens with zero attached hydrogens (tertiary/aromatic N) is 2. The summed E-state index contributed by atoms with van der Waals surface area (Å²) in [5.74, 6) is 2.36. The van der Waals surface area contributed by atoms with Crippen molar-refractivity contribution in [2.75, 3.05) is 47.1 Å². The maximum atomic E-state index is 5.74. The first-order valence-electron chi connectivity index (χ1n) is 7.88. The minimum Gasteiger partial charge on any atom is -0.454 e. The number of morpholine rings is 1. The average Bonchev–Trinajstić information content (AvgIpc) is 3.03. The Morgan fingerprint density at radius 1 is 1.30 bits per heavy atom. The number of hydrogen-bond donors (Lipinski definition) is 2. The molecule has 2 heterocycles. The molecule has 0 radical (unpaired) electrons. The molecular formula is C16H24N4O3. The lowest BCUT2D eigenvalue weighted by Crippen LogP contribution is -2.48. The Hall–Kier alpha value is -1.99. The summed E-state index contributed by atoms with van der Waals surface area (Å²) in [6.07, 6.45) is 0.192. The van der Waals surface area contributed by atoms with E-state index in [4.69, 9.17) is 14.2 Å². The molecule has 0 amide bonds. The fourth-order valence-electron chi connectivity index (χ4n) is 2.66. The van der Waals surface area contributed by atoms with Crippen molar-refractivity contribution >= 4 is 5.96 Å². The minimum absolute atomic E-state index is 0.192. The molecule has 1 aromatic carbocycles. The van der Waals surface area contributed by atoms with Crippen molar-refractivity contribution in [1.82, 2.24) is 15.5 Å². The smallest absolute Gasteiger partial charge is 0.231 e. The van der Waals surface area contributed by atoms with Gasteiger partial charge in [0.1, 0.15) is 0 Å². The zero-order chi connectivity index (χ0) is 16.1. The van der Waals surface area contributed by atoms with Crippen molar-refractivity contribution in [2.24, 2.45) is 4.99 Å². The molecule has 126 valence electrons. The van der Waals surface area contributed by atoms with Crippen LogP contribution >= 0.6 is 0 Å². The molecular weight excluding hydrogens is 296 g/mol. The first kappa shape index (κ1) is 15.9. The van der Waals surface area contributed by atoms with E-state index < -0.39 is 0 Å².